The monoisotopic (exact) mass is 303 g/mol. The number of nitrogens with one attached hydrogen (secondary N) is 1. The molecule has 0 amide bonds. The first-order valence-corrected chi connectivity index (χ1v) is 6.76. The average Bonchev–Trinajstić information content (AvgIpc) is 2.95. The number of benzene rings is 1. The fourth-order valence-electron chi connectivity index (χ4n) is 2.16. The lowest BCUT2D eigenvalue weighted by Gasteiger charge is -2.19. The average molecular weight is 304 g/mol. The Morgan fingerprint density at radius 3 is 2.71 bits per heavy atom. The SMILES string of the molecule is COc1ccc(CN(C)c2nc(Cl)nc3[nH]ncc23)cc1. The Morgan fingerprint density at radius 2 is 2.00 bits per heavy atom. The predicted molar refractivity (Wildman–Crippen MR) is 81.8 cm³/mol. The van der Waals surface area contributed by atoms with Crippen LogP contribution >= 0.6 is 11.6 Å². The fraction of sp³-hybridized carbons (Fsp3) is 0.214. The number of halogens is 1. The van der Waals surface area contributed by atoms with E-state index >= 15 is 0 Å². The second kappa shape index (κ2) is 5.57. The number of nitrogens with zero attached hydrogens (tertiary/aromatic N) is 4. The Kier molecular flexibility index (Phi) is 3.62. The van der Waals surface area contributed by atoms with Crippen molar-refractivity contribution < 1.29 is 4.74 Å². The summed E-state index contributed by atoms with van der Waals surface area (Å²) >= 11 is 5.95. The van der Waals surface area contributed by atoms with Gasteiger partial charge < -0.3 is 9.64 Å². The summed E-state index contributed by atoms with van der Waals surface area (Å²) in [5, 5.41) is 7.83. The van der Waals surface area contributed by atoms with Gasteiger partial charge in [0.05, 0.1) is 18.7 Å². The van der Waals surface area contributed by atoms with Crippen LogP contribution in [0.3, 0.4) is 0 Å². The molecule has 0 spiro atoms. The third-order valence-electron chi connectivity index (χ3n) is 3.20. The van der Waals surface area contributed by atoms with Gasteiger partial charge in [-0.25, -0.2) is 0 Å². The molecule has 3 aromatic rings. The number of aromatic amines is 1. The van der Waals surface area contributed by atoms with Crippen molar-refractivity contribution in [3.63, 3.8) is 0 Å². The summed E-state index contributed by atoms with van der Waals surface area (Å²) in [5.41, 5.74) is 1.77. The van der Waals surface area contributed by atoms with E-state index in [1.54, 1.807) is 13.3 Å². The van der Waals surface area contributed by atoms with Crippen LogP contribution in [0.25, 0.3) is 11.0 Å². The van der Waals surface area contributed by atoms with Crippen molar-refractivity contribution in [2.75, 3.05) is 19.1 Å². The fourth-order valence-corrected chi connectivity index (χ4v) is 2.33. The van der Waals surface area contributed by atoms with Crippen LogP contribution in [0.1, 0.15) is 5.56 Å². The van der Waals surface area contributed by atoms with E-state index in [1.165, 1.54) is 0 Å². The smallest absolute Gasteiger partial charge is 0.226 e. The van der Waals surface area contributed by atoms with Crippen molar-refractivity contribution in [2.45, 2.75) is 6.54 Å². The van der Waals surface area contributed by atoms with Gasteiger partial charge in [0, 0.05) is 13.6 Å². The maximum Gasteiger partial charge on any atom is 0.226 e. The number of anilines is 1. The summed E-state index contributed by atoms with van der Waals surface area (Å²) in [6, 6.07) is 7.91. The number of H-pyrrole nitrogens is 1. The van der Waals surface area contributed by atoms with Crippen molar-refractivity contribution in [1.29, 1.82) is 0 Å². The number of fused-ring (bicyclic) bond motifs is 1. The highest BCUT2D eigenvalue weighted by atomic mass is 35.5. The van der Waals surface area contributed by atoms with Crippen LogP contribution in [-0.2, 0) is 6.54 Å². The van der Waals surface area contributed by atoms with Crippen molar-refractivity contribution in [3.05, 3.63) is 41.3 Å². The first-order valence-electron chi connectivity index (χ1n) is 6.38. The minimum atomic E-state index is 0.198. The van der Waals surface area contributed by atoms with Gasteiger partial charge in [0.2, 0.25) is 5.28 Å². The van der Waals surface area contributed by atoms with Crippen LogP contribution in [-0.4, -0.2) is 34.3 Å². The van der Waals surface area contributed by atoms with E-state index in [-0.39, 0.29) is 5.28 Å². The Bertz CT molecular complexity index is 756. The molecule has 3 rings (SSSR count). The van der Waals surface area contributed by atoms with Gasteiger partial charge in [-0.3, -0.25) is 5.10 Å². The van der Waals surface area contributed by atoms with E-state index in [9.17, 15) is 0 Å². The predicted octanol–water partition coefficient (Wildman–Crippen LogP) is 2.65. The molecule has 0 saturated heterocycles. The topological polar surface area (TPSA) is 66.9 Å². The molecule has 1 N–H and O–H groups in total. The largest absolute Gasteiger partial charge is 0.497 e. The summed E-state index contributed by atoms with van der Waals surface area (Å²) in [4.78, 5) is 10.4. The quantitative estimate of drug-likeness (QED) is 0.751. The van der Waals surface area contributed by atoms with Gasteiger partial charge in [0.25, 0.3) is 0 Å². The Balaban J connectivity index is 1.89. The van der Waals surface area contributed by atoms with Crippen molar-refractivity contribution in [2.24, 2.45) is 0 Å². The maximum atomic E-state index is 5.95. The van der Waals surface area contributed by atoms with Crippen LogP contribution in [0.15, 0.2) is 30.5 Å². The molecule has 0 saturated carbocycles. The lowest BCUT2D eigenvalue weighted by Crippen LogP contribution is -2.18. The van der Waals surface area contributed by atoms with E-state index < -0.39 is 0 Å². The first-order chi connectivity index (χ1) is 10.2. The molecule has 6 nitrogen and oxygen atoms in total. The summed E-state index contributed by atoms with van der Waals surface area (Å²) in [7, 11) is 3.61. The molecule has 2 heterocycles. The number of ether oxygens (including phenoxy) is 1. The number of hydrogen-bond donors (Lipinski definition) is 1. The summed E-state index contributed by atoms with van der Waals surface area (Å²) in [5.74, 6) is 1.58. The third kappa shape index (κ3) is 2.75. The molecule has 108 valence electrons. The van der Waals surface area contributed by atoms with E-state index in [2.05, 4.69) is 20.2 Å². The molecule has 0 unspecified atom stereocenters. The molecule has 0 aliphatic heterocycles. The molecule has 0 aliphatic rings. The van der Waals surface area contributed by atoms with Crippen LogP contribution < -0.4 is 9.64 Å². The number of rotatable bonds is 4. The lowest BCUT2D eigenvalue weighted by molar-refractivity contribution is 0.414. The standard InChI is InChI=1S/C14H14ClN5O/c1-20(8-9-3-5-10(21-2)6-4-9)13-11-7-16-19-12(11)17-14(15)18-13/h3-7H,8H2,1-2H3,(H,16,17,18,19). The van der Waals surface area contributed by atoms with Crippen LogP contribution in [0.5, 0.6) is 5.75 Å². The number of aromatic nitrogens is 4. The minimum Gasteiger partial charge on any atom is -0.497 e. The van der Waals surface area contributed by atoms with Gasteiger partial charge in [-0.2, -0.15) is 15.1 Å². The molecule has 7 heteroatoms. The zero-order chi connectivity index (χ0) is 14.8. The Morgan fingerprint density at radius 1 is 1.24 bits per heavy atom. The number of methoxy groups -OCH3 is 1. The van der Waals surface area contributed by atoms with Crippen molar-refractivity contribution >= 4 is 28.5 Å². The molecule has 2 aromatic heterocycles. The molecule has 0 atom stereocenters. The van der Waals surface area contributed by atoms with Crippen molar-refractivity contribution in [3.8, 4) is 5.75 Å². The van der Waals surface area contributed by atoms with E-state index in [0.717, 1.165) is 22.5 Å². The van der Waals surface area contributed by atoms with Gasteiger partial charge in [-0.15, -0.1) is 0 Å². The zero-order valence-corrected chi connectivity index (χ0v) is 12.4. The molecular formula is C14H14ClN5O. The van der Waals surface area contributed by atoms with E-state index in [0.29, 0.717) is 12.2 Å². The van der Waals surface area contributed by atoms with E-state index in [4.69, 9.17) is 16.3 Å². The highest BCUT2D eigenvalue weighted by Crippen LogP contribution is 2.24. The van der Waals surface area contributed by atoms with Crippen LogP contribution in [0.4, 0.5) is 5.82 Å². The van der Waals surface area contributed by atoms with Gasteiger partial charge in [-0.1, -0.05) is 12.1 Å². The van der Waals surface area contributed by atoms with Crippen LogP contribution in [0.2, 0.25) is 5.28 Å². The molecule has 0 fully saturated rings. The van der Waals surface area contributed by atoms with Crippen LogP contribution in [0, 0.1) is 0 Å². The van der Waals surface area contributed by atoms with Gasteiger partial charge in [0.15, 0.2) is 5.65 Å². The lowest BCUT2D eigenvalue weighted by atomic mass is 10.2. The molecule has 0 aliphatic carbocycles. The molecule has 1 aromatic carbocycles. The summed E-state index contributed by atoms with van der Waals surface area (Å²) < 4.78 is 5.16. The minimum absolute atomic E-state index is 0.198. The normalized spacial score (nSPS) is 10.8. The first kappa shape index (κ1) is 13.6. The molecule has 0 radical (unpaired) electrons. The molecule has 0 bridgehead atoms. The van der Waals surface area contributed by atoms with Crippen molar-refractivity contribution in [1.82, 2.24) is 20.2 Å². The third-order valence-corrected chi connectivity index (χ3v) is 3.37. The zero-order valence-electron chi connectivity index (χ0n) is 11.7. The maximum absolute atomic E-state index is 5.95. The Labute approximate surface area is 126 Å². The highest BCUT2D eigenvalue weighted by Gasteiger charge is 2.12. The summed E-state index contributed by atoms with van der Waals surface area (Å²) in [6.45, 7) is 0.692. The van der Waals surface area contributed by atoms with Gasteiger partial charge in [0.1, 0.15) is 11.6 Å². The van der Waals surface area contributed by atoms with Gasteiger partial charge >= 0.3 is 0 Å². The number of hydrogen-bond acceptors (Lipinski definition) is 5. The molecule has 21 heavy (non-hydrogen) atoms. The summed E-state index contributed by atoms with van der Waals surface area (Å²) in [6.07, 6.45) is 1.70. The van der Waals surface area contributed by atoms with E-state index in [1.807, 2.05) is 36.2 Å². The second-order valence-electron chi connectivity index (χ2n) is 4.65. The second-order valence-corrected chi connectivity index (χ2v) is 4.99. The molecular weight excluding hydrogens is 290 g/mol. The Hall–Kier alpha value is -2.34. The van der Waals surface area contributed by atoms with Gasteiger partial charge in [-0.05, 0) is 29.3 Å². The highest BCUT2D eigenvalue weighted by molar-refractivity contribution is 6.28.